The second-order valence-electron chi connectivity index (χ2n) is 6.12. The minimum atomic E-state index is 0. The minimum absolute atomic E-state index is 0. The lowest BCUT2D eigenvalue weighted by Crippen LogP contribution is -2.33. The Morgan fingerprint density at radius 3 is 2.91 bits per heavy atom. The van der Waals surface area contributed by atoms with Crippen LogP contribution in [0.15, 0.2) is 0 Å². The number of nitrogens with zero attached hydrogens (tertiary/aromatic N) is 3. The van der Waals surface area contributed by atoms with Crippen molar-refractivity contribution in [3.05, 3.63) is 11.6 Å². The Balaban J connectivity index is 0.00000132. The first kappa shape index (κ1) is 20.2. The van der Waals surface area contributed by atoms with Gasteiger partial charge in [0.25, 0.3) is 0 Å². The third-order valence-electron chi connectivity index (χ3n) is 4.51. The molecule has 1 aromatic heterocycles. The maximum absolute atomic E-state index is 12.2. The van der Waals surface area contributed by atoms with E-state index in [-0.39, 0.29) is 36.8 Å². The zero-order chi connectivity index (χ0) is 14.7. The van der Waals surface area contributed by atoms with Crippen molar-refractivity contribution in [3.8, 4) is 0 Å². The van der Waals surface area contributed by atoms with Crippen molar-refractivity contribution in [2.45, 2.75) is 58.0 Å². The van der Waals surface area contributed by atoms with Crippen molar-refractivity contribution >= 4 is 30.7 Å². The monoisotopic (exact) mass is 363 g/mol. The molecule has 6 nitrogen and oxygen atoms in total. The van der Waals surface area contributed by atoms with E-state index in [9.17, 15) is 4.79 Å². The maximum atomic E-state index is 12.2. The van der Waals surface area contributed by atoms with E-state index in [2.05, 4.69) is 27.6 Å². The number of nitrogens with one attached hydrogen (secondary N) is 2. The van der Waals surface area contributed by atoms with E-state index < -0.39 is 0 Å². The molecular weight excluding hydrogens is 337 g/mol. The first-order chi connectivity index (χ1) is 10.3. The molecule has 1 saturated heterocycles. The molecule has 8 heteroatoms. The van der Waals surface area contributed by atoms with Crippen molar-refractivity contribution in [2.24, 2.45) is 5.92 Å². The van der Waals surface area contributed by atoms with Gasteiger partial charge in [-0.2, -0.15) is 5.10 Å². The molecular formula is C15H27Cl2N5O. The van der Waals surface area contributed by atoms with Crippen LogP contribution in [-0.2, 0) is 17.8 Å². The van der Waals surface area contributed by atoms with Gasteiger partial charge in [0.2, 0.25) is 5.91 Å². The third-order valence-corrected chi connectivity index (χ3v) is 4.51. The quantitative estimate of drug-likeness (QED) is 0.839. The normalized spacial score (nSPS) is 22.7. The van der Waals surface area contributed by atoms with Crippen LogP contribution in [0.4, 0.5) is 0 Å². The molecule has 2 aliphatic rings. The number of hydrogen-bond donors (Lipinski definition) is 2. The lowest BCUT2D eigenvalue weighted by molar-refractivity contribution is -0.122. The van der Waals surface area contributed by atoms with Gasteiger partial charge in [-0.3, -0.25) is 4.79 Å². The molecule has 132 valence electrons. The predicted octanol–water partition coefficient (Wildman–Crippen LogP) is 2.02. The largest absolute Gasteiger partial charge is 0.346 e. The molecule has 0 aliphatic carbocycles. The zero-order valence-electron chi connectivity index (χ0n) is 13.6. The van der Waals surface area contributed by atoms with E-state index in [1.54, 1.807) is 0 Å². The number of carbonyl (C=O) groups is 1. The average Bonchev–Trinajstić information content (AvgIpc) is 3.14. The molecule has 2 aliphatic heterocycles. The molecule has 2 unspecified atom stereocenters. The SMILES string of the molecule is CCc1nc2n(n1)CCCC2NC(=O)CCC1CCNC1.Cl.Cl. The summed E-state index contributed by atoms with van der Waals surface area (Å²) in [5.41, 5.74) is 0. The topological polar surface area (TPSA) is 71.8 Å². The van der Waals surface area contributed by atoms with E-state index in [0.29, 0.717) is 12.3 Å². The zero-order valence-corrected chi connectivity index (χ0v) is 15.2. The van der Waals surface area contributed by atoms with Crippen LogP contribution in [0, 0.1) is 5.92 Å². The number of amides is 1. The summed E-state index contributed by atoms with van der Waals surface area (Å²) in [7, 11) is 0. The van der Waals surface area contributed by atoms with Gasteiger partial charge in [-0.15, -0.1) is 24.8 Å². The molecule has 1 fully saturated rings. The van der Waals surface area contributed by atoms with Gasteiger partial charge in [0.1, 0.15) is 5.82 Å². The van der Waals surface area contributed by atoms with Crippen LogP contribution in [0.2, 0.25) is 0 Å². The van der Waals surface area contributed by atoms with Gasteiger partial charge < -0.3 is 10.6 Å². The fourth-order valence-electron chi connectivity index (χ4n) is 3.25. The second kappa shape index (κ2) is 9.45. The van der Waals surface area contributed by atoms with Crippen LogP contribution in [0.25, 0.3) is 0 Å². The highest BCUT2D eigenvalue weighted by Crippen LogP contribution is 2.23. The number of halogens is 2. The molecule has 0 aromatic carbocycles. The number of aromatic nitrogens is 3. The molecule has 2 atom stereocenters. The molecule has 3 heterocycles. The van der Waals surface area contributed by atoms with E-state index in [0.717, 1.165) is 57.0 Å². The molecule has 0 radical (unpaired) electrons. The van der Waals surface area contributed by atoms with E-state index in [1.165, 1.54) is 6.42 Å². The van der Waals surface area contributed by atoms with Crippen LogP contribution in [0.3, 0.4) is 0 Å². The number of aryl methyl sites for hydroxylation is 2. The Morgan fingerprint density at radius 1 is 1.39 bits per heavy atom. The van der Waals surface area contributed by atoms with Gasteiger partial charge >= 0.3 is 0 Å². The van der Waals surface area contributed by atoms with Crippen molar-refractivity contribution in [1.29, 1.82) is 0 Å². The van der Waals surface area contributed by atoms with Crippen molar-refractivity contribution in [3.63, 3.8) is 0 Å². The lowest BCUT2D eigenvalue weighted by Gasteiger charge is -2.23. The first-order valence-electron chi connectivity index (χ1n) is 8.20. The summed E-state index contributed by atoms with van der Waals surface area (Å²) in [6.45, 7) is 5.13. The van der Waals surface area contributed by atoms with Crippen molar-refractivity contribution in [1.82, 2.24) is 25.4 Å². The van der Waals surface area contributed by atoms with Crippen molar-refractivity contribution in [2.75, 3.05) is 13.1 Å². The van der Waals surface area contributed by atoms with Gasteiger partial charge in [-0.05, 0) is 44.7 Å². The van der Waals surface area contributed by atoms with Gasteiger partial charge in [0.15, 0.2) is 5.82 Å². The van der Waals surface area contributed by atoms with Gasteiger partial charge in [0, 0.05) is 19.4 Å². The Hall–Kier alpha value is -0.850. The lowest BCUT2D eigenvalue weighted by atomic mass is 10.0. The van der Waals surface area contributed by atoms with E-state index >= 15 is 0 Å². The summed E-state index contributed by atoms with van der Waals surface area (Å²) in [6, 6.07) is 0.0424. The second-order valence-corrected chi connectivity index (χ2v) is 6.12. The van der Waals surface area contributed by atoms with Gasteiger partial charge in [-0.1, -0.05) is 6.92 Å². The number of carbonyl (C=O) groups excluding carboxylic acids is 1. The number of hydrogen-bond acceptors (Lipinski definition) is 4. The van der Waals surface area contributed by atoms with Crippen molar-refractivity contribution < 1.29 is 4.79 Å². The summed E-state index contributed by atoms with van der Waals surface area (Å²) in [4.78, 5) is 16.7. The Labute approximate surface area is 150 Å². The fraction of sp³-hybridized carbons (Fsp3) is 0.800. The molecule has 2 N–H and O–H groups in total. The van der Waals surface area contributed by atoms with Gasteiger partial charge in [0.05, 0.1) is 6.04 Å². The Morgan fingerprint density at radius 2 is 2.22 bits per heavy atom. The summed E-state index contributed by atoms with van der Waals surface area (Å²) < 4.78 is 1.97. The highest BCUT2D eigenvalue weighted by atomic mass is 35.5. The summed E-state index contributed by atoms with van der Waals surface area (Å²) in [6.07, 6.45) is 5.67. The van der Waals surface area contributed by atoms with Crippen LogP contribution in [0.1, 0.15) is 56.7 Å². The molecule has 23 heavy (non-hydrogen) atoms. The van der Waals surface area contributed by atoms with Crippen LogP contribution in [0.5, 0.6) is 0 Å². The smallest absolute Gasteiger partial charge is 0.220 e. The highest BCUT2D eigenvalue weighted by Gasteiger charge is 2.25. The number of rotatable bonds is 5. The Bertz CT molecular complexity index is 502. The fourth-order valence-corrected chi connectivity index (χ4v) is 3.25. The summed E-state index contributed by atoms with van der Waals surface area (Å²) in [5, 5.41) is 11.0. The number of fused-ring (bicyclic) bond motifs is 1. The summed E-state index contributed by atoms with van der Waals surface area (Å²) >= 11 is 0. The average molecular weight is 364 g/mol. The maximum Gasteiger partial charge on any atom is 0.220 e. The highest BCUT2D eigenvalue weighted by molar-refractivity contribution is 5.85. The van der Waals surface area contributed by atoms with E-state index in [1.807, 2.05) is 4.68 Å². The minimum Gasteiger partial charge on any atom is -0.346 e. The predicted molar refractivity (Wildman–Crippen MR) is 94.2 cm³/mol. The summed E-state index contributed by atoms with van der Waals surface area (Å²) in [5.74, 6) is 2.64. The first-order valence-corrected chi connectivity index (χ1v) is 8.20. The van der Waals surface area contributed by atoms with Crippen LogP contribution >= 0.6 is 24.8 Å². The molecule has 0 spiro atoms. The third kappa shape index (κ3) is 5.06. The molecule has 0 bridgehead atoms. The standard InChI is InChI=1S/C15H25N5O.2ClH/c1-2-13-18-15-12(4-3-9-20(15)19-13)17-14(21)6-5-11-7-8-16-10-11;;/h11-12,16H,2-10H2,1H3,(H,17,21);2*1H. The Kier molecular flexibility index (Phi) is 8.29. The molecule has 0 saturated carbocycles. The van der Waals surface area contributed by atoms with Crippen LogP contribution in [-0.4, -0.2) is 33.8 Å². The van der Waals surface area contributed by atoms with Gasteiger partial charge in [-0.25, -0.2) is 9.67 Å². The molecule has 3 rings (SSSR count). The van der Waals surface area contributed by atoms with E-state index in [4.69, 9.17) is 0 Å². The molecule has 1 aromatic rings. The molecule has 1 amide bonds. The van der Waals surface area contributed by atoms with Crippen LogP contribution < -0.4 is 10.6 Å².